The molecule has 0 spiro atoms. The molecule has 0 aromatic carbocycles. The molecule has 12 heavy (non-hydrogen) atoms. The van der Waals surface area contributed by atoms with Gasteiger partial charge < -0.3 is 11.5 Å². The summed E-state index contributed by atoms with van der Waals surface area (Å²) in [5, 5.41) is 0. The lowest BCUT2D eigenvalue weighted by Crippen LogP contribution is -2.59. The molecule has 0 radical (unpaired) electrons. The van der Waals surface area contributed by atoms with Crippen molar-refractivity contribution in [3.63, 3.8) is 0 Å². The van der Waals surface area contributed by atoms with E-state index in [1.165, 1.54) is 0 Å². The van der Waals surface area contributed by atoms with Crippen LogP contribution < -0.4 is 11.5 Å². The topological polar surface area (TPSA) is 52.0 Å². The van der Waals surface area contributed by atoms with E-state index in [0.717, 1.165) is 0 Å². The average molecular weight is 306 g/mol. The van der Waals surface area contributed by atoms with Gasteiger partial charge in [-0.05, 0) is 18.3 Å². The Balaban J connectivity index is -0.000000405. The van der Waals surface area contributed by atoms with Crippen LogP contribution in [0.1, 0.15) is 34.6 Å². The van der Waals surface area contributed by atoms with Crippen molar-refractivity contribution in [2.75, 3.05) is 0 Å². The molecule has 0 amide bonds. The van der Waals surface area contributed by atoms with Crippen molar-refractivity contribution in [2.45, 2.75) is 40.3 Å². The number of hydrogen-bond acceptors (Lipinski definition) is 2. The van der Waals surface area contributed by atoms with E-state index in [4.69, 9.17) is 11.5 Å². The summed E-state index contributed by atoms with van der Waals surface area (Å²) in [5.74, 6) is 0.507. The van der Waals surface area contributed by atoms with Crippen LogP contribution in [-0.4, -0.2) is 5.66 Å². The van der Waals surface area contributed by atoms with E-state index >= 15 is 0 Å². The maximum atomic E-state index is 5.79. The van der Waals surface area contributed by atoms with E-state index in [2.05, 4.69) is 27.7 Å². The highest BCUT2D eigenvalue weighted by Crippen LogP contribution is 2.32. The standard InChI is InChI=1S/C8H20N2.2BrH/c1-6(2)7(3,4)8(5,9)10;;/h6H,9-10H2,1-5H3;2*1H. The summed E-state index contributed by atoms with van der Waals surface area (Å²) >= 11 is 0. The van der Waals surface area contributed by atoms with Crippen molar-refractivity contribution >= 4 is 34.0 Å². The number of hydrogen-bond donors (Lipinski definition) is 2. The minimum Gasteiger partial charge on any atom is -0.313 e. The molecule has 0 aliphatic rings. The molecule has 0 saturated heterocycles. The van der Waals surface area contributed by atoms with Crippen LogP contribution in [0.4, 0.5) is 0 Å². The fourth-order valence-corrected chi connectivity index (χ4v) is 0.622. The normalized spacial score (nSPS) is 12.0. The van der Waals surface area contributed by atoms with E-state index in [0.29, 0.717) is 5.92 Å². The van der Waals surface area contributed by atoms with Gasteiger partial charge >= 0.3 is 0 Å². The third-order valence-corrected chi connectivity index (χ3v) is 2.83. The fourth-order valence-electron chi connectivity index (χ4n) is 0.622. The van der Waals surface area contributed by atoms with Crippen molar-refractivity contribution in [2.24, 2.45) is 22.8 Å². The van der Waals surface area contributed by atoms with Crippen LogP contribution in [-0.2, 0) is 0 Å². The monoisotopic (exact) mass is 304 g/mol. The summed E-state index contributed by atoms with van der Waals surface area (Å²) in [6.45, 7) is 10.3. The Morgan fingerprint density at radius 3 is 1.17 bits per heavy atom. The number of halogens is 2. The zero-order valence-corrected chi connectivity index (χ0v) is 12.0. The first-order chi connectivity index (χ1) is 4.19. The second kappa shape index (κ2) is 5.58. The maximum Gasteiger partial charge on any atom is 0.0662 e. The van der Waals surface area contributed by atoms with Gasteiger partial charge in [0.25, 0.3) is 0 Å². The third kappa shape index (κ3) is 4.21. The first-order valence-corrected chi connectivity index (χ1v) is 3.77. The first kappa shape index (κ1) is 18.6. The molecule has 2 nitrogen and oxygen atoms in total. The quantitative estimate of drug-likeness (QED) is 0.770. The highest BCUT2D eigenvalue weighted by Gasteiger charge is 2.36. The van der Waals surface area contributed by atoms with Crippen LogP contribution >= 0.6 is 34.0 Å². The predicted molar refractivity (Wildman–Crippen MR) is 66.0 cm³/mol. The fraction of sp³-hybridized carbons (Fsp3) is 1.00. The van der Waals surface area contributed by atoms with Crippen molar-refractivity contribution < 1.29 is 0 Å². The molecular weight excluding hydrogens is 284 g/mol. The molecule has 4 N–H and O–H groups in total. The molecule has 0 aromatic rings. The summed E-state index contributed by atoms with van der Waals surface area (Å²) in [4.78, 5) is 0. The highest BCUT2D eigenvalue weighted by atomic mass is 79.9. The SMILES string of the molecule is Br.Br.CC(C)C(C)(C)C(C)(N)N. The molecule has 0 aliphatic carbocycles. The lowest BCUT2D eigenvalue weighted by atomic mass is 9.72. The molecule has 0 heterocycles. The molecule has 4 heteroatoms. The largest absolute Gasteiger partial charge is 0.313 e. The molecule has 0 unspecified atom stereocenters. The van der Waals surface area contributed by atoms with E-state index in [-0.39, 0.29) is 39.4 Å². The van der Waals surface area contributed by atoms with Gasteiger partial charge in [0.2, 0.25) is 0 Å². The molecule has 0 atom stereocenters. The van der Waals surface area contributed by atoms with Crippen molar-refractivity contribution in [3.05, 3.63) is 0 Å². The summed E-state index contributed by atoms with van der Waals surface area (Å²) in [5.41, 5.74) is 11.0. The second-order valence-corrected chi connectivity index (χ2v) is 4.16. The zero-order valence-electron chi connectivity index (χ0n) is 8.55. The first-order valence-electron chi connectivity index (χ1n) is 3.77. The van der Waals surface area contributed by atoms with E-state index < -0.39 is 5.66 Å². The molecule has 0 rings (SSSR count). The Morgan fingerprint density at radius 2 is 1.17 bits per heavy atom. The third-order valence-electron chi connectivity index (χ3n) is 2.83. The summed E-state index contributed by atoms with van der Waals surface area (Å²) in [6.07, 6.45) is 0. The molecule has 0 bridgehead atoms. The van der Waals surface area contributed by atoms with Crippen molar-refractivity contribution in [3.8, 4) is 0 Å². The van der Waals surface area contributed by atoms with Gasteiger partial charge in [0.1, 0.15) is 0 Å². The second-order valence-electron chi connectivity index (χ2n) is 4.16. The van der Waals surface area contributed by atoms with Crippen LogP contribution in [0, 0.1) is 11.3 Å². The predicted octanol–water partition coefficient (Wildman–Crippen LogP) is 2.46. The lowest BCUT2D eigenvalue weighted by molar-refractivity contribution is 0.121. The summed E-state index contributed by atoms with van der Waals surface area (Å²) < 4.78 is 0. The molecule has 0 aromatic heterocycles. The van der Waals surface area contributed by atoms with Crippen molar-refractivity contribution in [1.29, 1.82) is 0 Å². The molecular formula is C8H22Br2N2. The minimum absolute atomic E-state index is 0. The number of nitrogens with two attached hydrogens (primary N) is 2. The summed E-state index contributed by atoms with van der Waals surface area (Å²) in [7, 11) is 0. The van der Waals surface area contributed by atoms with Crippen LogP contribution in [0.25, 0.3) is 0 Å². The Morgan fingerprint density at radius 1 is 0.917 bits per heavy atom. The number of rotatable bonds is 2. The Bertz CT molecular complexity index is 117. The Kier molecular flexibility index (Phi) is 8.65. The molecule has 0 aliphatic heterocycles. The van der Waals surface area contributed by atoms with Crippen LogP contribution in [0.3, 0.4) is 0 Å². The van der Waals surface area contributed by atoms with E-state index in [1.54, 1.807) is 0 Å². The average Bonchev–Trinajstić information content (AvgIpc) is 1.62. The van der Waals surface area contributed by atoms with E-state index in [9.17, 15) is 0 Å². The van der Waals surface area contributed by atoms with Crippen LogP contribution in [0.5, 0.6) is 0 Å². The van der Waals surface area contributed by atoms with Gasteiger partial charge in [0.15, 0.2) is 0 Å². The summed E-state index contributed by atoms with van der Waals surface area (Å²) in [6, 6.07) is 0. The zero-order chi connectivity index (χ0) is 8.58. The van der Waals surface area contributed by atoms with Gasteiger partial charge in [-0.3, -0.25) is 0 Å². The van der Waals surface area contributed by atoms with Crippen molar-refractivity contribution in [1.82, 2.24) is 0 Å². The highest BCUT2D eigenvalue weighted by molar-refractivity contribution is 8.93. The molecule has 78 valence electrons. The Labute approximate surface area is 97.0 Å². The van der Waals surface area contributed by atoms with Gasteiger partial charge in [-0.25, -0.2) is 0 Å². The Hall–Kier alpha value is 0.880. The van der Waals surface area contributed by atoms with Crippen LogP contribution in [0.15, 0.2) is 0 Å². The van der Waals surface area contributed by atoms with Crippen LogP contribution in [0.2, 0.25) is 0 Å². The van der Waals surface area contributed by atoms with Gasteiger partial charge in [0, 0.05) is 0 Å². The molecule has 0 fully saturated rings. The van der Waals surface area contributed by atoms with E-state index in [1.807, 2.05) is 6.92 Å². The lowest BCUT2D eigenvalue weighted by Gasteiger charge is -2.41. The maximum absolute atomic E-state index is 5.79. The smallest absolute Gasteiger partial charge is 0.0662 e. The van der Waals surface area contributed by atoms with Gasteiger partial charge in [-0.1, -0.05) is 27.7 Å². The molecule has 0 saturated carbocycles. The van der Waals surface area contributed by atoms with Gasteiger partial charge in [0.05, 0.1) is 5.66 Å². The van der Waals surface area contributed by atoms with Gasteiger partial charge in [-0.15, -0.1) is 34.0 Å². The minimum atomic E-state index is -0.582. The van der Waals surface area contributed by atoms with Gasteiger partial charge in [-0.2, -0.15) is 0 Å².